The van der Waals surface area contributed by atoms with E-state index in [4.69, 9.17) is 9.47 Å². The third-order valence-corrected chi connectivity index (χ3v) is 15.3. The Kier molecular flexibility index (Phi) is 9.31. The number of hydrogen-bond acceptors (Lipinski definition) is 6. The van der Waals surface area contributed by atoms with Crippen LogP contribution < -0.4 is 14.8 Å². The molecular weight excluding hydrogens is 626 g/mol. The average Bonchev–Trinajstić information content (AvgIpc) is 3.02. The fourth-order valence-corrected chi connectivity index (χ4v) is 12.3. The average molecular weight is 688 g/mol. The van der Waals surface area contributed by atoms with Gasteiger partial charge in [-0.15, -0.1) is 0 Å². The second-order valence-corrected chi connectivity index (χ2v) is 18.9. The molecule has 1 amide bonds. The summed E-state index contributed by atoms with van der Waals surface area (Å²) >= 11 is 0. The minimum absolute atomic E-state index is 0.0276. The highest BCUT2D eigenvalue weighted by Gasteiger charge is 2.68. The number of aliphatic hydroxyl groups excluding tert-OH is 1. The molecule has 4 saturated carbocycles. The van der Waals surface area contributed by atoms with Crippen LogP contribution in [-0.4, -0.2) is 35.6 Å². The molecule has 50 heavy (non-hydrogen) atoms. The first-order chi connectivity index (χ1) is 23.3. The molecule has 274 valence electrons. The number of amides is 1. The van der Waals surface area contributed by atoms with E-state index in [1.165, 1.54) is 32.8 Å². The SMILES string of the molecule is CC(=O)Oc1ccc(C=CC(=O)NCC23CCC(C)(C)CC2C2=CCC4C5(C)CCC(O)C(C)(C)C5CCC4(C)C2(C)CC3)cc1OC(C)=O. The van der Waals surface area contributed by atoms with Crippen molar-refractivity contribution in [2.45, 2.75) is 133 Å². The quantitative estimate of drug-likeness (QED) is 0.134. The second kappa shape index (κ2) is 12.6. The highest BCUT2D eigenvalue weighted by atomic mass is 16.6. The Balaban J connectivity index is 1.24. The van der Waals surface area contributed by atoms with Crippen molar-refractivity contribution < 1.29 is 29.0 Å². The Morgan fingerprint density at radius 2 is 1.54 bits per heavy atom. The molecule has 7 heteroatoms. The van der Waals surface area contributed by atoms with E-state index in [-0.39, 0.29) is 56.0 Å². The van der Waals surface area contributed by atoms with Crippen LogP contribution in [-0.2, 0) is 14.4 Å². The van der Waals surface area contributed by atoms with Gasteiger partial charge in [-0.2, -0.15) is 0 Å². The lowest BCUT2D eigenvalue weighted by Gasteiger charge is -2.71. The van der Waals surface area contributed by atoms with Gasteiger partial charge in [-0.3, -0.25) is 14.4 Å². The lowest BCUT2D eigenvalue weighted by atomic mass is 9.33. The van der Waals surface area contributed by atoms with Crippen molar-refractivity contribution in [1.82, 2.24) is 5.32 Å². The lowest BCUT2D eigenvalue weighted by Crippen LogP contribution is -2.65. The van der Waals surface area contributed by atoms with Crippen molar-refractivity contribution >= 4 is 23.9 Å². The summed E-state index contributed by atoms with van der Waals surface area (Å²) in [4.78, 5) is 36.6. The van der Waals surface area contributed by atoms with Gasteiger partial charge in [0, 0.05) is 26.5 Å². The largest absolute Gasteiger partial charge is 0.423 e. The third kappa shape index (κ3) is 6.07. The van der Waals surface area contributed by atoms with Crippen LogP contribution in [0, 0.1) is 50.2 Å². The zero-order valence-electron chi connectivity index (χ0n) is 32.0. The smallest absolute Gasteiger partial charge is 0.308 e. The third-order valence-electron chi connectivity index (χ3n) is 15.3. The first-order valence-electron chi connectivity index (χ1n) is 19.1. The zero-order valence-corrected chi connectivity index (χ0v) is 32.0. The number of aliphatic hydroxyl groups is 1. The summed E-state index contributed by atoms with van der Waals surface area (Å²) in [5.41, 5.74) is 3.10. The van der Waals surface area contributed by atoms with Crippen LogP contribution in [0.5, 0.6) is 11.5 Å². The molecule has 2 N–H and O–H groups in total. The number of esters is 2. The predicted molar refractivity (Wildman–Crippen MR) is 196 cm³/mol. The topological polar surface area (TPSA) is 102 Å². The van der Waals surface area contributed by atoms with E-state index in [9.17, 15) is 19.5 Å². The van der Waals surface area contributed by atoms with Crippen LogP contribution in [0.2, 0.25) is 0 Å². The molecule has 7 nitrogen and oxygen atoms in total. The number of rotatable bonds is 6. The molecule has 0 radical (unpaired) electrons. The van der Waals surface area contributed by atoms with Crippen molar-refractivity contribution in [3.05, 3.63) is 41.5 Å². The van der Waals surface area contributed by atoms with Crippen molar-refractivity contribution in [3.63, 3.8) is 0 Å². The normalized spacial score (nSPS) is 38.4. The number of carbonyl (C=O) groups is 3. The molecule has 8 unspecified atom stereocenters. The van der Waals surface area contributed by atoms with Crippen LogP contribution in [0.15, 0.2) is 35.9 Å². The van der Waals surface area contributed by atoms with Gasteiger partial charge in [0.2, 0.25) is 5.91 Å². The van der Waals surface area contributed by atoms with Gasteiger partial charge in [0.25, 0.3) is 0 Å². The summed E-state index contributed by atoms with van der Waals surface area (Å²) in [5.74, 6) is 0.683. The van der Waals surface area contributed by atoms with Crippen molar-refractivity contribution in [2.75, 3.05) is 6.54 Å². The molecular formula is C43H61NO6. The molecule has 6 rings (SSSR count). The maximum Gasteiger partial charge on any atom is 0.308 e. The monoisotopic (exact) mass is 687 g/mol. The molecule has 0 bridgehead atoms. The zero-order chi connectivity index (χ0) is 36.5. The highest BCUT2D eigenvalue weighted by molar-refractivity contribution is 5.92. The first kappa shape index (κ1) is 36.8. The van der Waals surface area contributed by atoms with Crippen LogP contribution in [0.1, 0.15) is 132 Å². The van der Waals surface area contributed by atoms with E-state index in [0.29, 0.717) is 29.9 Å². The Labute approximate surface area is 300 Å². The predicted octanol–water partition coefficient (Wildman–Crippen LogP) is 8.83. The van der Waals surface area contributed by atoms with E-state index in [0.717, 1.165) is 51.4 Å². The van der Waals surface area contributed by atoms with Crippen molar-refractivity contribution in [3.8, 4) is 11.5 Å². The maximum absolute atomic E-state index is 13.4. The Morgan fingerprint density at radius 3 is 2.24 bits per heavy atom. The molecule has 0 aromatic heterocycles. The standard InChI is InChI=1S/C43H61NO6/c1-27(45)49-32-13-10-29(24-33(32)50-28(2)46)11-15-37(48)44-26-43-22-20-38(3,4)25-31(43)30-12-14-35-40(7)18-17-36(47)39(5,6)34(40)16-19-42(35,9)41(30,8)21-23-43/h10-13,15,24,31,34-36,47H,14,16-23,25-26H2,1-9H3,(H,44,48). The van der Waals surface area contributed by atoms with E-state index in [1.807, 2.05) is 0 Å². The minimum atomic E-state index is -0.525. The molecule has 4 fully saturated rings. The molecule has 0 aliphatic heterocycles. The summed E-state index contributed by atoms with van der Waals surface area (Å²) in [6.07, 6.45) is 16.9. The molecule has 5 aliphatic carbocycles. The molecule has 5 aliphatic rings. The second-order valence-electron chi connectivity index (χ2n) is 18.9. The number of carbonyl (C=O) groups excluding carboxylic acids is 3. The summed E-state index contributed by atoms with van der Waals surface area (Å²) in [6.45, 7) is 20.5. The van der Waals surface area contributed by atoms with E-state index < -0.39 is 11.9 Å². The first-order valence-corrected chi connectivity index (χ1v) is 19.1. The molecule has 1 aromatic carbocycles. The highest BCUT2D eigenvalue weighted by Crippen LogP contribution is 2.75. The number of nitrogens with one attached hydrogen (secondary N) is 1. The summed E-state index contributed by atoms with van der Waals surface area (Å²) in [6, 6.07) is 4.89. The van der Waals surface area contributed by atoms with Crippen LogP contribution in [0.3, 0.4) is 0 Å². The summed E-state index contributed by atoms with van der Waals surface area (Å²) in [7, 11) is 0. The van der Waals surface area contributed by atoms with Gasteiger partial charge in [0.15, 0.2) is 11.5 Å². The number of allylic oxidation sites excluding steroid dienone is 2. The Morgan fingerprint density at radius 1 is 0.860 bits per heavy atom. The van der Waals surface area contributed by atoms with Gasteiger partial charge in [-0.25, -0.2) is 0 Å². The molecule has 0 spiro atoms. The van der Waals surface area contributed by atoms with Gasteiger partial charge >= 0.3 is 11.9 Å². The summed E-state index contributed by atoms with van der Waals surface area (Å²) in [5, 5.41) is 14.4. The van der Waals surface area contributed by atoms with Crippen molar-refractivity contribution in [1.29, 1.82) is 0 Å². The minimum Gasteiger partial charge on any atom is -0.423 e. The fourth-order valence-electron chi connectivity index (χ4n) is 12.3. The molecule has 8 atom stereocenters. The maximum atomic E-state index is 13.4. The number of benzene rings is 1. The van der Waals surface area contributed by atoms with Crippen LogP contribution in [0.4, 0.5) is 0 Å². The lowest BCUT2D eigenvalue weighted by molar-refractivity contribution is -0.203. The molecule has 0 heterocycles. The van der Waals surface area contributed by atoms with E-state index >= 15 is 0 Å². The van der Waals surface area contributed by atoms with Gasteiger partial charge < -0.3 is 19.9 Å². The Hall–Kier alpha value is -2.93. The van der Waals surface area contributed by atoms with E-state index in [1.54, 1.807) is 29.8 Å². The number of hydrogen-bond donors (Lipinski definition) is 2. The number of fused-ring (bicyclic) bond motifs is 7. The van der Waals surface area contributed by atoms with Gasteiger partial charge in [-0.05, 0) is 138 Å². The molecule has 0 saturated heterocycles. The molecule has 1 aromatic rings. The van der Waals surface area contributed by atoms with Crippen LogP contribution >= 0.6 is 0 Å². The van der Waals surface area contributed by atoms with Crippen molar-refractivity contribution in [2.24, 2.45) is 50.2 Å². The van der Waals surface area contributed by atoms with Gasteiger partial charge in [0.1, 0.15) is 0 Å². The van der Waals surface area contributed by atoms with Gasteiger partial charge in [-0.1, -0.05) is 66.2 Å². The summed E-state index contributed by atoms with van der Waals surface area (Å²) < 4.78 is 10.5. The fraction of sp³-hybridized carbons (Fsp3) is 0.698. The van der Waals surface area contributed by atoms with E-state index in [2.05, 4.69) is 59.9 Å². The van der Waals surface area contributed by atoms with Crippen LogP contribution in [0.25, 0.3) is 6.08 Å². The Bertz CT molecular complexity index is 1610. The number of ether oxygens (including phenoxy) is 2. The van der Waals surface area contributed by atoms with Gasteiger partial charge in [0.05, 0.1) is 6.10 Å².